The van der Waals surface area contributed by atoms with Crippen LogP contribution in [-0.2, 0) is 4.74 Å². The molecule has 1 saturated heterocycles. The Labute approximate surface area is 142 Å². The third-order valence-electron chi connectivity index (χ3n) is 4.08. The van der Waals surface area contributed by atoms with Gasteiger partial charge in [-0.3, -0.25) is 10.1 Å². The van der Waals surface area contributed by atoms with E-state index in [1.807, 2.05) is 37.3 Å². The molecule has 0 saturated carbocycles. The number of carbonyl (C=O) groups is 1. The van der Waals surface area contributed by atoms with Crippen LogP contribution in [0.3, 0.4) is 0 Å². The van der Waals surface area contributed by atoms with E-state index in [0.29, 0.717) is 23.7 Å². The van der Waals surface area contributed by atoms with Crippen molar-refractivity contribution in [3.63, 3.8) is 0 Å². The number of hydrogen-bond acceptors (Lipinski definition) is 5. The van der Waals surface area contributed by atoms with E-state index < -0.39 is 0 Å². The number of rotatable bonds is 4. The van der Waals surface area contributed by atoms with Crippen LogP contribution in [0.25, 0.3) is 0 Å². The second-order valence-corrected chi connectivity index (χ2v) is 6.69. The summed E-state index contributed by atoms with van der Waals surface area (Å²) in [7, 11) is 1.55. The van der Waals surface area contributed by atoms with E-state index in [9.17, 15) is 4.79 Å². The molecule has 2 heterocycles. The minimum Gasteiger partial charge on any atom is -0.481 e. The number of benzene rings is 1. The summed E-state index contributed by atoms with van der Waals surface area (Å²) in [5.74, 6) is 0.351. The summed E-state index contributed by atoms with van der Waals surface area (Å²) < 4.78 is 10.9. The normalized spacial score (nSPS) is 19.2. The van der Waals surface area contributed by atoms with E-state index in [1.54, 1.807) is 13.2 Å². The fourth-order valence-electron chi connectivity index (χ4n) is 2.71. The first-order valence-electron chi connectivity index (χ1n) is 7.95. The smallest absolute Gasteiger partial charge is 0.216 e. The predicted molar refractivity (Wildman–Crippen MR) is 91.3 cm³/mol. The number of pyridine rings is 1. The summed E-state index contributed by atoms with van der Waals surface area (Å²) in [4.78, 5) is 16.9. The molecular weight excluding hydrogens is 304 g/mol. The molecule has 24 heavy (non-hydrogen) atoms. The fraction of sp³-hybridized carbons (Fsp3) is 0.368. The number of carbonyl (C=O) groups excluding carboxylic acids is 1. The SMILES string of the molecule is COc1nc(C(=O)c2ccc(C3NC(C)(C)CO3)cc2)ccc1C. The highest BCUT2D eigenvalue weighted by atomic mass is 16.5. The Hall–Kier alpha value is -2.24. The summed E-state index contributed by atoms with van der Waals surface area (Å²) in [5.41, 5.74) is 2.83. The van der Waals surface area contributed by atoms with E-state index in [1.165, 1.54) is 0 Å². The van der Waals surface area contributed by atoms with Crippen LogP contribution in [0, 0.1) is 6.92 Å². The van der Waals surface area contributed by atoms with Crippen molar-refractivity contribution in [1.82, 2.24) is 10.3 Å². The molecule has 1 aromatic carbocycles. The lowest BCUT2D eigenvalue weighted by Crippen LogP contribution is -2.35. The van der Waals surface area contributed by atoms with Crippen molar-refractivity contribution in [1.29, 1.82) is 0 Å². The second kappa shape index (κ2) is 6.34. The Morgan fingerprint density at radius 1 is 1.25 bits per heavy atom. The number of methoxy groups -OCH3 is 1. The zero-order valence-corrected chi connectivity index (χ0v) is 14.4. The lowest BCUT2D eigenvalue weighted by Gasteiger charge is -2.17. The first kappa shape index (κ1) is 16.6. The van der Waals surface area contributed by atoms with Gasteiger partial charge in [0.1, 0.15) is 11.9 Å². The van der Waals surface area contributed by atoms with Gasteiger partial charge in [-0.1, -0.05) is 30.3 Å². The molecule has 5 heteroatoms. The summed E-state index contributed by atoms with van der Waals surface area (Å²) in [6, 6.07) is 11.0. The predicted octanol–water partition coefficient (Wildman–Crippen LogP) is 3.03. The number of aryl methyl sites for hydroxylation is 1. The lowest BCUT2D eigenvalue weighted by atomic mass is 10.0. The average Bonchev–Trinajstić information content (AvgIpc) is 2.95. The molecule has 1 aliphatic heterocycles. The number of ether oxygens (including phenoxy) is 2. The quantitative estimate of drug-likeness (QED) is 0.875. The largest absolute Gasteiger partial charge is 0.481 e. The minimum absolute atomic E-state index is 0.0401. The Balaban J connectivity index is 1.79. The van der Waals surface area contributed by atoms with E-state index in [4.69, 9.17) is 9.47 Å². The lowest BCUT2D eigenvalue weighted by molar-refractivity contribution is 0.0986. The Bertz CT molecular complexity index is 754. The van der Waals surface area contributed by atoms with E-state index in [2.05, 4.69) is 24.1 Å². The maximum Gasteiger partial charge on any atom is 0.216 e. The topological polar surface area (TPSA) is 60.5 Å². The Morgan fingerprint density at radius 3 is 2.54 bits per heavy atom. The van der Waals surface area contributed by atoms with Crippen LogP contribution in [0.15, 0.2) is 36.4 Å². The maximum atomic E-state index is 12.6. The second-order valence-electron chi connectivity index (χ2n) is 6.69. The van der Waals surface area contributed by atoms with Gasteiger partial charge in [0.25, 0.3) is 0 Å². The van der Waals surface area contributed by atoms with Crippen molar-refractivity contribution < 1.29 is 14.3 Å². The highest BCUT2D eigenvalue weighted by molar-refractivity contribution is 6.07. The van der Waals surface area contributed by atoms with Crippen LogP contribution >= 0.6 is 0 Å². The molecule has 0 radical (unpaired) electrons. The van der Waals surface area contributed by atoms with Crippen LogP contribution in [0.1, 0.15) is 47.3 Å². The summed E-state index contributed by atoms with van der Waals surface area (Å²) in [6.07, 6.45) is -0.137. The van der Waals surface area contributed by atoms with E-state index in [-0.39, 0.29) is 17.6 Å². The van der Waals surface area contributed by atoms with Crippen LogP contribution in [0.2, 0.25) is 0 Å². The third kappa shape index (κ3) is 3.32. The third-order valence-corrected chi connectivity index (χ3v) is 4.08. The first-order chi connectivity index (χ1) is 11.4. The Kier molecular flexibility index (Phi) is 4.39. The highest BCUT2D eigenvalue weighted by Gasteiger charge is 2.31. The fourth-order valence-corrected chi connectivity index (χ4v) is 2.71. The number of ketones is 1. The molecule has 0 spiro atoms. The molecule has 1 atom stereocenters. The number of nitrogens with zero attached hydrogens (tertiary/aromatic N) is 1. The van der Waals surface area contributed by atoms with Crippen LogP contribution in [0.4, 0.5) is 0 Å². The van der Waals surface area contributed by atoms with Crippen molar-refractivity contribution in [2.24, 2.45) is 0 Å². The van der Waals surface area contributed by atoms with Crippen molar-refractivity contribution in [3.8, 4) is 5.88 Å². The molecule has 126 valence electrons. The number of hydrogen-bond donors (Lipinski definition) is 1. The molecule has 0 bridgehead atoms. The van der Waals surface area contributed by atoms with Crippen molar-refractivity contribution in [3.05, 3.63) is 58.8 Å². The van der Waals surface area contributed by atoms with E-state index in [0.717, 1.165) is 11.1 Å². The van der Waals surface area contributed by atoms with Gasteiger partial charge >= 0.3 is 0 Å². The van der Waals surface area contributed by atoms with Crippen LogP contribution in [-0.4, -0.2) is 30.0 Å². The van der Waals surface area contributed by atoms with Gasteiger partial charge in [0.15, 0.2) is 0 Å². The molecule has 2 aromatic rings. The molecule has 1 aliphatic rings. The number of nitrogens with one attached hydrogen (secondary N) is 1. The van der Waals surface area contributed by atoms with Gasteiger partial charge < -0.3 is 9.47 Å². The van der Waals surface area contributed by atoms with Crippen molar-refractivity contribution in [2.45, 2.75) is 32.5 Å². The number of aromatic nitrogens is 1. The van der Waals surface area contributed by atoms with Crippen molar-refractivity contribution >= 4 is 5.78 Å². The zero-order chi connectivity index (χ0) is 17.3. The van der Waals surface area contributed by atoms with Gasteiger partial charge in [-0.2, -0.15) is 0 Å². The van der Waals surface area contributed by atoms with Gasteiger partial charge in [0, 0.05) is 16.7 Å². The molecule has 1 unspecified atom stereocenters. The molecule has 1 aromatic heterocycles. The zero-order valence-electron chi connectivity index (χ0n) is 14.4. The maximum absolute atomic E-state index is 12.6. The van der Waals surface area contributed by atoms with Crippen LogP contribution in [0.5, 0.6) is 5.88 Å². The van der Waals surface area contributed by atoms with Gasteiger partial charge in [0.2, 0.25) is 11.7 Å². The molecule has 1 N–H and O–H groups in total. The van der Waals surface area contributed by atoms with Crippen LogP contribution < -0.4 is 10.1 Å². The van der Waals surface area contributed by atoms with Crippen molar-refractivity contribution in [2.75, 3.05) is 13.7 Å². The average molecular weight is 326 g/mol. The molecule has 5 nitrogen and oxygen atoms in total. The molecule has 0 aliphatic carbocycles. The first-order valence-corrected chi connectivity index (χ1v) is 7.95. The van der Waals surface area contributed by atoms with Gasteiger partial charge in [-0.15, -0.1) is 0 Å². The molecular formula is C19H22N2O3. The highest BCUT2D eigenvalue weighted by Crippen LogP contribution is 2.26. The summed E-state index contributed by atoms with van der Waals surface area (Å²) >= 11 is 0. The summed E-state index contributed by atoms with van der Waals surface area (Å²) in [5, 5.41) is 3.41. The Morgan fingerprint density at radius 2 is 1.96 bits per heavy atom. The van der Waals surface area contributed by atoms with Gasteiger partial charge in [0.05, 0.1) is 13.7 Å². The molecule has 3 rings (SSSR count). The molecule has 0 amide bonds. The minimum atomic E-state index is -0.137. The standard InChI is InChI=1S/C19H22N2O3/c1-12-5-10-15(20-17(12)23-4)16(22)13-6-8-14(9-7-13)18-21-19(2,3)11-24-18/h5-10,18,21H,11H2,1-4H3. The van der Waals surface area contributed by atoms with Gasteiger partial charge in [-0.25, -0.2) is 4.98 Å². The van der Waals surface area contributed by atoms with E-state index >= 15 is 0 Å². The molecule has 1 fully saturated rings. The van der Waals surface area contributed by atoms with Gasteiger partial charge in [-0.05, 0) is 32.4 Å². The monoisotopic (exact) mass is 326 g/mol. The summed E-state index contributed by atoms with van der Waals surface area (Å²) in [6.45, 7) is 6.75.